The van der Waals surface area contributed by atoms with E-state index in [-0.39, 0.29) is 13.2 Å². The van der Waals surface area contributed by atoms with Gasteiger partial charge >= 0.3 is 5.97 Å². The molecule has 26 heavy (non-hydrogen) atoms. The molecule has 1 fully saturated rings. The van der Waals surface area contributed by atoms with Gasteiger partial charge < -0.3 is 9.64 Å². The number of fused-ring (bicyclic) bond motifs is 3. The Labute approximate surface area is 149 Å². The van der Waals surface area contributed by atoms with E-state index in [1.165, 1.54) is 17.0 Å². The highest BCUT2D eigenvalue weighted by Gasteiger charge is 2.49. The average molecular weight is 353 g/mol. The van der Waals surface area contributed by atoms with Crippen LogP contribution in [0, 0.1) is 11.7 Å². The Morgan fingerprint density at radius 2 is 1.88 bits per heavy atom. The molecule has 2 atom stereocenters. The summed E-state index contributed by atoms with van der Waals surface area (Å²) in [6.45, 7) is 1.71. The third-order valence-electron chi connectivity index (χ3n) is 4.90. The summed E-state index contributed by atoms with van der Waals surface area (Å²) in [5, 5.41) is 0. The number of rotatable bonds is 3. The summed E-state index contributed by atoms with van der Waals surface area (Å²) >= 11 is 0. The molecule has 1 aliphatic carbocycles. The van der Waals surface area contributed by atoms with E-state index >= 15 is 0 Å². The molecule has 1 aliphatic heterocycles. The molecule has 1 heterocycles. The first-order chi connectivity index (χ1) is 12.5. The second kappa shape index (κ2) is 6.05. The van der Waals surface area contributed by atoms with Crippen molar-refractivity contribution in [1.29, 1.82) is 0 Å². The van der Waals surface area contributed by atoms with Crippen LogP contribution >= 0.6 is 0 Å². The summed E-state index contributed by atoms with van der Waals surface area (Å²) < 4.78 is 18.8. The van der Waals surface area contributed by atoms with E-state index in [1.807, 2.05) is 24.3 Å². The van der Waals surface area contributed by atoms with Crippen LogP contribution in [-0.2, 0) is 19.1 Å². The lowest BCUT2D eigenvalue weighted by atomic mass is 10.0. The number of carbonyl (C=O) groups is 3. The van der Waals surface area contributed by atoms with Crippen molar-refractivity contribution in [3.63, 3.8) is 0 Å². The minimum absolute atomic E-state index is 0.0640. The first-order valence-corrected chi connectivity index (χ1v) is 8.43. The lowest BCUT2D eigenvalue weighted by Gasteiger charge is -2.25. The molecule has 2 aromatic rings. The standard InChI is InChI=1S/C20H16FNO4/c1-2-26-20(25)16-10-22(19(24)18(16)23)17-14-6-4-3-5-12(14)13-8-7-11(21)9-15(13)17/h3-9,16-17H,2,10H2,1H3. The lowest BCUT2D eigenvalue weighted by Crippen LogP contribution is -2.31. The SMILES string of the molecule is CCOC(=O)C1CN(C2c3ccccc3-c3ccc(F)cc32)C(=O)C1=O. The van der Waals surface area contributed by atoms with Crippen LogP contribution in [0.25, 0.3) is 11.1 Å². The van der Waals surface area contributed by atoms with E-state index < -0.39 is 35.4 Å². The van der Waals surface area contributed by atoms with Crippen LogP contribution in [0.1, 0.15) is 24.1 Å². The van der Waals surface area contributed by atoms with Crippen LogP contribution in [0.15, 0.2) is 42.5 Å². The summed E-state index contributed by atoms with van der Waals surface area (Å²) in [4.78, 5) is 38.3. The maximum absolute atomic E-state index is 13.9. The second-order valence-electron chi connectivity index (χ2n) is 6.35. The van der Waals surface area contributed by atoms with Crippen molar-refractivity contribution in [2.75, 3.05) is 13.2 Å². The number of hydrogen-bond acceptors (Lipinski definition) is 4. The summed E-state index contributed by atoms with van der Waals surface area (Å²) in [5.41, 5.74) is 3.16. The number of nitrogens with zero attached hydrogens (tertiary/aromatic N) is 1. The Morgan fingerprint density at radius 3 is 2.65 bits per heavy atom. The smallest absolute Gasteiger partial charge is 0.318 e. The predicted octanol–water partition coefficient (Wildman–Crippen LogP) is 2.49. The molecule has 0 spiro atoms. The first-order valence-electron chi connectivity index (χ1n) is 8.43. The van der Waals surface area contributed by atoms with Crippen molar-refractivity contribution in [2.45, 2.75) is 13.0 Å². The van der Waals surface area contributed by atoms with E-state index in [0.717, 1.165) is 16.7 Å². The number of ketones is 1. The Hall–Kier alpha value is -3.02. The molecule has 0 bridgehead atoms. The second-order valence-corrected chi connectivity index (χ2v) is 6.35. The Balaban J connectivity index is 1.79. The molecule has 1 saturated heterocycles. The fourth-order valence-electron chi connectivity index (χ4n) is 3.79. The van der Waals surface area contributed by atoms with Crippen molar-refractivity contribution >= 4 is 17.7 Å². The zero-order valence-electron chi connectivity index (χ0n) is 14.1. The number of halogens is 1. The Morgan fingerprint density at radius 1 is 1.15 bits per heavy atom. The highest BCUT2D eigenvalue weighted by Crippen LogP contribution is 2.47. The van der Waals surface area contributed by atoms with Crippen molar-refractivity contribution in [2.24, 2.45) is 5.92 Å². The number of ether oxygens (including phenoxy) is 1. The molecule has 5 nitrogen and oxygen atoms in total. The molecule has 0 saturated carbocycles. The van der Waals surface area contributed by atoms with E-state index in [1.54, 1.807) is 13.0 Å². The van der Waals surface area contributed by atoms with E-state index in [2.05, 4.69) is 0 Å². The maximum atomic E-state index is 13.9. The normalized spacial score (nSPS) is 20.9. The number of Topliss-reactive ketones (excluding diaryl/α,β-unsaturated/α-hetero) is 1. The molecule has 4 rings (SSSR count). The minimum Gasteiger partial charge on any atom is -0.465 e. The van der Waals surface area contributed by atoms with Crippen LogP contribution < -0.4 is 0 Å². The van der Waals surface area contributed by atoms with Crippen LogP contribution in [-0.4, -0.2) is 35.7 Å². The molecule has 132 valence electrons. The highest BCUT2D eigenvalue weighted by atomic mass is 19.1. The molecule has 6 heteroatoms. The highest BCUT2D eigenvalue weighted by molar-refractivity contribution is 6.42. The molecule has 0 aromatic heterocycles. The van der Waals surface area contributed by atoms with Gasteiger partial charge in [0.25, 0.3) is 5.91 Å². The minimum atomic E-state index is -1.13. The average Bonchev–Trinajstić information content (AvgIpc) is 3.10. The predicted molar refractivity (Wildman–Crippen MR) is 90.5 cm³/mol. The number of hydrogen-bond donors (Lipinski definition) is 0. The molecule has 2 unspecified atom stereocenters. The van der Waals surface area contributed by atoms with Crippen molar-refractivity contribution < 1.29 is 23.5 Å². The van der Waals surface area contributed by atoms with Crippen LogP contribution in [0.4, 0.5) is 4.39 Å². The van der Waals surface area contributed by atoms with Gasteiger partial charge in [0.05, 0.1) is 12.6 Å². The van der Waals surface area contributed by atoms with Gasteiger partial charge in [-0.25, -0.2) is 4.39 Å². The zero-order chi connectivity index (χ0) is 18.4. The van der Waals surface area contributed by atoms with Gasteiger partial charge in [0.1, 0.15) is 11.7 Å². The van der Waals surface area contributed by atoms with Gasteiger partial charge in [-0.2, -0.15) is 0 Å². The van der Waals surface area contributed by atoms with E-state index in [9.17, 15) is 18.8 Å². The van der Waals surface area contributed by atoms with Gasteiger partial charge in [-0.15, -0.1) is 0 Å². The Bertz CT molecular complexity index is 939. The molecule has 2 aromatic carbocycles. The van der Waals surface area contributed by atoms with Crippen LogP contribution in [0.5, 0.6) is 0 Å². The quantitative estimate of drug-likeness (QED) is 0.483. The summed E-state index contributed by atoms with van der Waals surface area (Å²) in [6.07, 6.45) is 0. The van der Waals surface area contributed by atoms with Gasteiger partial charge in [0.15, 0.2) is 0 Å². The van der Waals surface area contributed by atoms with E-state index in [0.29, 0.717) is 5.56 Å². The van der Waals surface area contributed by atoms with Crippen LogP contribution in [0.3, 0.4) is 0 Å². The van der Waals surface area contributed by atoms with Gasteiger partial charge in [-0.1, -0.05) is 30.3 Å². The molecule has 2 aliphatic rings. The van der Waals surface area contributed by atoms with Crippen molar-refractivity contribution in [3.05, 3.63) is 59.4 Å². The molecule has 0 radical (unpaired) electrons. The summed E-state index contributed by atoms with van der Waals surface area (Å²) in [7, 11) is 0. The lowest BCUT2D eigenvalue weighted by molar-refractivity contribution is -0.151. The fourth-order valence-corrected chi connectivity index (χ4v) is 3.79. The Kier molecular flexibility index (Phi) is 3.83. The van der Waals surface area contributed by atoms with Gasteiger partial charge in [0, 0.05) is 6.54 Å². The molecular formula is C20H16FNO4. The van der Waals surface area contributed by atoms with Gasteiger partial charge in [-0.05, 0) is 41.3 Å². The van der Waals surface area contributed by atoms with Crippen molar-refractivity contribution in [3.8, 4) is 11.1 Å². The monoisotopic (exact) mass is 353 g/mol. The van der Waals surface area contributed by atoms with Gasteiger partial charge in [0.2, 0.25) is 5.78 Å². The number of amides is 1. The number of carbonyl (C=O) groups excluding carboxylic acids is 3. The third kappa shape index (κ3) is 2.33. The third-order valence-corrected chi connectivity index (χ3v) is 4.90. The maximum Gasteiger partial charge on any atom is 0.318 e. The zero-order valence-corrected chi connectivity index (χ0v) is 14.1. The largest absolute Gasteiger partial charge is 0.465 e. The molecule has 1 amide bonds. The molecule has 0 N–H and O–H groups in total. The summed E-state index contributed by atoms with van der Waals surface area (Å²) in [5.74, 6) is -3.75. The number of esters is 1. The van der Waals surface area contributed by atoms with E-state index in [4.69, 9.17) is 4.74 Å². The first kappa shape index (κ1) is 16.4. The fraction of sp³-hybridized carbons (Fsp3) is 0.250. The van der Waals surface area contributed by atoms with Crippen molar-refractivity contribution in [1.82, 2.24) is 4.90 Å². The van der Waals surface area contributed by atoms with Gasteiger partial charge in [-0.3, -0.25) is 14.4 Å². The summed E-state index contributed by atoms with van der Waals surface area (Å²) in [6, 6.07) is 11.3. The topological polar surface area (TPSA) is 63.7 Å². The van der Waals surface area contributed by atoms with Crippen LogP contribution in [0.2, 0.25) is 0 Å². The number of benzene rings is 2. The molecular weight excluding hydrogens is 337 g/mol. The number of likely N-dealkylation sites (tertiary alicyclic amines) is 1.